The Kier molecular flexibility index (Phi) is 5.48. The highest BCUT2D eigenvalue weighted by Crippen LogP contribution is 2.25. The van der Waals surface area contributed by atoms with Gasteiger partial charge in [0.2, 0.25) is 0 Å². The van der Waals surface area contributed by atoms with E-state index in [9.17, 15) is 0 Å². The number of benzene rings is 1. The lowest BCUT2D eigenvalue weighted by Crippen LogP contribution is -2.37. The van der Waals surface area contributed by atoms with E-state index >= 15 is 0 Å². The van der Waals surface area contributed by atoms with E-state index in [-0.39, 0.29) is 0 Å². The predicted molar refractivity (Wildman–Crippen MR) is 96.7 cm³/mol. The van der Waals surface area contributed by atoms with E-state index in [0.29, 0.717) is 12.5 Å². The minimum atomic E-state index is 0.573. The Morgan fingerprint density at radius 1 is 1.23 bits per heavy atom. The topological polar surface area (TPSA) is 53.6 Å². The number of aliphatic imine (C=N–C) groups is 1. The fourth-order valence-corrected chi connectivity index (χ4v) is 3.72. The van der Waals surface area contributed by atoms with Crippen LogP contribution in [0, 0.1) is 5.92 Å². The van der Waals surface area contributed by atoms with Crippen molar-refractivity contribution in [3.63, 3.8) is 0 Å². The summed E-state index contributed by atoms with van der Waals surface area (Å²) in [5.41, 5.74) is 8.46. The molecule has 120 valence electrons. The molecule has 1 heterocycles. The second kappa shape index (κ2) is 7.77. The quantitative estimate of drug-likeness (QED) is 0.647. The first-order valence-electron chi connectivity index (χ1n) is 8.27. The van der Waals surface area contributed by atoms with Gasteiger partial charge < -0.3 is 16.0 Å². The first-order chi connectivity index (χ1) is 10.8. The first-order valence-corrected chi connectivity index (χ1v) is 9.42. The fourth-order valence-electron chi connectivity index (χ4n) is 2.81. The largest absolute Gasteiger partial charge is 0.370 e. The highest BCUT2D eigenvalue weighted by atomic mass is 32.2. The van der Waals surface area contributed by atoms with Gasteiger partial charge >= 0.3 is 0 Å². The summed E-state index contributed by atoms with van der Waals surface area (Å²) in [5.74, 6) is 3.84. The molecule has 1 aromatic carbocycles. The predicted octanol–water partition coefficient (Wildman–Crippen LogP) is 2.44. The molecule has 1 aromatic rings. The van der Waals surface area contributed by atoms with Gasteiger partial charge in [0.1, 0.15) is 0 Å². The summed E-state index contributed by atoms with van der Waals surface area (Å²) in [5, 5.41) is 3.24. The molecule has 1 saturated heterocycles. The smallest absolute Gasteiger partial charge is 0.188 e. The minimum absolute atomic E-state index is 0.573. The van der Waals surface area contributed by atoms with E-state index in [1.165, 1.54) is 42.0 Å². The molecule has 0 radical (unpaired) electrons. The van der Waals surface area contributed by atoms with Crippen LogP contribution in [0.1, 0.15) is 24.8 Å². The van der Waals surface area contributed by atoms with Gasteiger partial charge in [-0.05, 0) is 36.5 Å². The summed E-state index contributed by atoms with van der Waals surface area (Å²) in [6.45, 7) is 3.93. The van der Waals surface area contributed by atoms with Crippen molar-refractivity contribution in [2.75, 3.05) is 36.0 Å². The molecule has 0 bridgehead atoms. The number of hydrogen-bond acceptors (Lipinski definition) is 3. The van der Waals surface area contributed by atoms with Crippen LogP contribution in [0.3, 0.4) is 0 Å². The molecule has 3 rings (SSSR count). The Hall–Kier alpha value is -1.36. The Balaban J connectivity index is 1.47. The molecule has 2 fully saturated rings. The molecule has 0 spiro atoms. The number of anilines is 1. The van der Waals surface area contributed by atoms with Crippen molar-refractivity contribution in [1.82, 2.24) is 5.32 Å². The third-order valence-corrected chi connectivity index (χ3v) is 5.48. The molecule has 0 aromatic heterocycles. The molecule has 4 nitrogen and oxygen atoms in total. The van der Waals surface area contributed by atoms with Gasteiger partial charge in [-0.2, -0.15) is 11.8 Å². The van der Waals surface area contributed by atoms with Crippen LogP contribution in [-0.4, -0.2) is 37.1 Å². The molecule has 0 unspecified atom stereocenters. The summed E-state index contributed by atoms with van der Waals surface area (Å²) >= 11 is 2.04. The van der Waals surface area contributed by atoms with Crippen LogP contribution in [0.25, 0.3) is 0 Å². The van der Waals surface area contributed by atoms with Gasteiger partial charge in [-0.3, -0.25) is 0 Å². The molecule has 1 aliphatic heterocycles. The fraction of sp³-hybridized carbons (Fsp3) is 0.588. The number of nitrogens with two attached hydrogens (primary N) is 1. The molecule has 1 saturated carbocycles. The molecule has 0 atom stereocenters. The highest BCUT2D eigenvalue weighted by Gasteiger charge is 2.16. The Bertz CT molecular complexity index is 490. The average Bonchev–Trinajstić information content (AvgIpc) is 2.53. The Morgan fingerprint density at radius 2 is 1.95 bits per heavy atom. The van der Waals surface area contributed by atoms with Gasteiger partial charge in [0, 0.05) is 36.8 Å². The average molecular weight is 318 g/mol. The lowest BCUT2D eigenvalue weighted by Gasteiger charge is -2.28. The van der Waals surface area contributed by atoms with Crippen molar-refractivity contribution < 1.29 is 0 Å². The maximum absolute atomic E-state index is 5.92. The van der Waals surface area contributed by atoms with E-state index in [0.717, 1.165) is 25.6 Å². The van der Waals surface area contributed by atoms with Gasteiger partial charge in [0.05, 0.1) is 6.54 Å². The van der Waals surface area contributed by atoms with E-state index in [4.69, 9.17) is 5.73 Å². The van der Waals surface area contributed by atoms with E-state index in [1.807, 2.05) is 11.8 Å². The summed E-state index contributed by atoms with van der Waals surface area (Å²) < 4.78 is 0. The number of rotatable bonds is 5. The molecule has 22 heavy (non-hydrogen) atoms. The SMILES string of the molecule is NC(=NCc1ccc(N2CCSCC2)cc1)NCC1CCC1. The number of nitrogens with one attached hydrogen (secondary N) is 1. The van der Waals surface area contributed by atoms with Crippen LogP contribution < -0.4 is 16.0 Å². The summed E-state index contributed by atoms with van der Waals surface area (Å²) in [6.07, 6.45) is 4.03. The molecule has 1 aliphatic carbocycles. The van der Waals surface area contributed by atoms with Crippen molar-refractivity contribution in [2.24, 2.45) is 16.6 Å². The van der Waals surface area contributed by atoms with Gasteiger partial charge in [0.15, 0.2) is 5.96 Å². The lowest BCUT2D eigenvalue weighted by molar-refractivity contribution is 0.315. The maximum atomic E-state index is 5.92. The second-order valence-corrected chi connectivity index (χ2v) is 7.37. The third kappa shape index (κ3) is 4.32. The van der Waals surface area contributed by atoms with Crippen LogP contribution in [0.4, 0.5) is 5.69 Å². The third-order valence-electron chi connectivity index (χ3n) is 4.54. The van der Waals surface area contributed by atoms with Crippen molar-refractivity contribution in [2.45, 2.75) is 25.8 Å². The monoisotopic (exact) mass is 318 g/mol. The zero-order valence-corrected chi connectivity index (χ0v) is 13.9. The molecule has 5 heteroatoms. The van der Waals surface area contributed by atoms with Crippen molar-refractivity contribution >= 4 is 23.4 Å². The molecule has 2 aliphatic rings. The zero-order valence-electron chi connectivity index (χ0n) is 13.1. The first kappa shape index (κ1) is 15.5. The van der Waals surface area contributed by atoms with Crippen LogP contribution in [0.2, 0.25) is 0 Å². The van der Waals surface area contributed by atoms with Crippen LogP contribution >= 0.6 is 11.8 Å². The number of hydrogen-bond donors (Lipinski definition) is 2. The Morgan fingerprint density at radius 3 is 2.59 bits per heavy atom. The maximum Gasteiger partial charge on any atom is 0.188 e. The van der Waals surface area contributed by atoms with Crippen LogP contribution in [-0.2, 0) is 6.54 Å². The number of guanidine groups is 1. The molecular weight excluding hydrogens is 292 g/mol. The summed E-state index contributed by atoms with van der Waals surface area (Å²) in [7, 11) is 0. The lowest BCUT2D eigenvalue weighted by atomic mass is 9.85. The zero-order chi connectivity index (χ0) is 15.2. The summed E-state index contributed by atoms with van der Waals surface area (Å²) in [4.78, 5) is 6.89. The second-order valence-electron chi connectivity index (χ2n) is 6.15. The normalized spacial score (nSPS) is 19.8. The van der Waals surface area contributed by atoms with Gasteiger partial charge in [-0.15, -0.1) is 0 Å². The van der Waals surface area contributed by atoms with Crippen LogP contribution in [0.15, 0.2) is 29.3 Å². The minimum Gasteiger partial charge on any atom is -0.370 e. The van der Waals surface area contributed by atoms with Crippen molar-refractivity contribution in [3.05, 3.63) is 29.8 Å². The van der Waals surface area contributed by atoms with Crippen molar-refractivity contribution in [1.29, 1.82) is 0 Å². The standard InChI is InChI=1S/C17H26N4S/c18-17(19-12-14-2-1-3-14)20-13-15-4-6-16(7-5-15)21-8-10-22-11-9-21/h4-7,14H,1-3,8-13H2,(H3,18,19,20). The number of thioether (sulfide) groups is 1. The summed E-state index contributed by atoms with van der Waals surface area (Å²) in [6, 6.07) is 8.75. The van der Waals surface area contributed by atoms with Gasteiger partial charge in [-0.25, -0.2) is 4.99 Å². The molecule has 0 amide bonds. The van der Waals surface area contributed by atoms with E-state index in [2.05, 4.69) is 39.5 Å². The van der Waals surface area contributed by atoms with Crippen molar-refractivity contribution in [3.8, 4) is 0 Å². The van der Waals surface area contributed by atoms with Crippen LogP contribution in [0.5, 0.6) is 0 Å². The van der Waals surface area contributed by atoms with E-state index in [1.54, 1.807) is 0 Å². The van der Waals surface area contributed by atoms with E-state index < -0.39 is 0 Å². The van der Waals surface area contributed by atoms with Gasteiger partial charge in [-0.1, -0.05) is 18.6 Å². The molecule has 3 N–H and O–H groups in total. The van der Waals surface area contributed by atoms with Gasteiger partial charge in [0.25, 0.3) is 0 Å². The molecular formula is C17H26N4S. The number of nitrogens with zero attached hydrogens (tertiary/aromatic N) is 2. The Labute approximate surface area is 137 Å². The highest BCUT2D eigenvalue weighted by molar-refractivity contribution is 7.99.